The van der Waals surface area contributed by atoms with E-state index in [-0.39, 0.29) is 5.97 Å². The largest absolute Gasteiger partial charge is 0.463 e. The summed E-state index contributed by atoms with van der Waals surface area (Å²) in [4.78, 5) is 16.2. The highest BCUT2D eigenvalue weighted by atomic mass is 79.9. The van der Waals surface area contributed by atoms with Crippen LogP contribution in [0.4, 0.5) is 0 Å². The maximum Gasteiger partial charge on any atom is 0.334 e. The van der Waals surface area contributed by atoms with Crippen molar-refractivity contribution in [2.24, 2.45) is 0 Å². The summed E-state index contributed by atoms with van der Waals surface area (Å²) < 4.78 is 7.26. The van der Waals surface area contributed by atoms with Crippen molar-refractivity contribution in [1.29, 1.82) is 0 Å². The van der Waals surface area contributed by atoms with Crippen LogP contribution in [0, 0.1) is 0 Å². The smallest absolute Gasteiger partial charge is 0.334 e. The minimum atomic E-state index is -0.332. The summed E-state index contributed by atoms with van der Waals surface area (Å²) in [6.07, 6.45) is 3.93. The lowest BCUT2D eigenvalue weighted by Crippen LogP contribution is -2.08. The zero-order valence-electron chi connectivity index (χ0n) is 12.2. The third-order valence-corrected chi connectivity index (χ3v) is 3.57. The zero-order chi connectivity index (χ0) is 16.1. The van der Waals surface area contributed by atoms with Crippen molar-refractivity contribution in [1.82, 2.24) is 14.8 Å². The van der Waals surface area contributed by atoms with Gasteiger partial charge in [-0.25, -0.2) is 14.5 Å². The number of carbonyl (C=O) groups is 1. The van der Waals surface area contributed by atoms with E-state index < -0.39 is 0 Å². The van der Waals surface area contributed by atoms with E-state index in [1.54, 1.807) is 42.1 Å². The van der Waals surface area contributed by atoms with Gasteiger partial charge in [-0.1, -0.05) is 18.5 Å². The van der Waals surface area contributed by atoms with Gasteiger partial charge in [-0.3, -0.25) is 0 Å². The van der Waals surface area contributed by atoms with Gasteiger partial charge in [0.2, 0.25) is 0 Å². The number of carbonyl (C=O) groups excluding carboxylic acids is 1. The predicted octanol–water partition coefficient (Wildman–Crippen LogP) is 4.04. The fourth-order valence-corrected chi connectivity index (χ4v) is 2.47. The van der Waals surface area contributed by atoms with Crippen LogP contribution in [-0.2, 0) is 9.53 Å². The molecular weight excluding hydrogens is 370 g/mol. The third kappa shape index (κ3) is 3.75. The molecule has 22 heavy (non-hydrogen) atoms. The summed E-state index contributed by atoms with van der Waals surface area (Å²) in [7, 11) is 0. The van der Waals surface area contributed by atoms with E-state index in [1.165, 1.54) is 0 Å². The molecule has 2 rings (SSSR count). The van der Waals surface area contributed by atoms with Gasteiger partial charge in [0, 0.05) is 11.8 Å². The second kappa shape index (κ2) is 7.56. The highest BCUT2D eigenvalue weighted by molar-refractivity contribution is 9.10. The van der Waals surface area contributed by atoms with Crippen molar-refractivity contribution in [3.63, 3.8) is 0 Å². The van der Waals surface area contributed by atoms with E-state index in [9.17, 15) is 4.79 Å². The van der Waals surface area contributed by atoms with Crippen molar-refractivity contribution < 1.29 is 9.53 Å². The molecule has 0 unspecified atom stereocenters. The molecule has 0 fully saturated rings. The summed E-state index contributed by atoms with van der Waals surface area (Å²) in [5, 5.41) is 4.80. The Morgan fingerprint density at radius 2 is 2.27 bits per heavy atom. The van der Waals surface area contributed by atoms with Crippen molar-refractivity contribution in [2.45, 2.75) is 20.3 Å². The number of hydrogen-bond acceptors (Lipinski definition) is 4. The summed E-state index contributed by atoms with van der Waals surface area (Å²) >= 11 is 9.51. The molecule has 116 valence electrons. The van der Waals surface area contributed by atoms with Gasteiger partial charge in [-0.15, -0.1) is 0 Å². The molecule has 0 spiro atoms. The van der Waals surface area contributed by atoms with Gasteiger partial charge in [-0.05, 0) is 53.5 Å². The molecular formula is C15H15BrClN3O2. The summed E-state index contributed by atoms with van der Waals surface area (Å²) in [6.45, 7) is 4.01. The van der Waals surface area contributed by atoms with Gasteiger partial charge < -0.3 is 4.74 Å². The number of ether oxygens (including phenoxy) is 1. The molecule has 0 atom stereocenters. The third-order valence-electron chi connectivity index (χ3n) is 2.89. The minimum absolute atomic E-state index is 0.332. The van der Waals surface area contributed by atoms with Gasteiger partial charge in [0.25, 0.3) is 0 Å². The van der Waals surface area contributed by atoms with Crippen molar-refractivity contribution >= 4 is 39.6 Å². The first-order valence-corrected chi connectivity index (χ1v) is 7.98. The molecule has 0 radical (unpaired) electrons. The molecule has 0 aromatic carbocycles. The molecule has 0 saturated heterocycles. The van der Waals surface area contributed by atoms with Crippen molar-refractivity contribution in [3.8, 4) is 5.82 Å². The Bertz CT molecular complexity index is 713. The fraction of sp³-hybridized carbons (Fsp3) is 0.267. The lowest BCUT2D eigenvalue weighted by Gasteiger charge is -2.07. The van der Waals surface area contributed by atoms with Crippen LogP contribution in [0.15, 0.2) is 34.6 Å². The molecule has 5 nitrogen and oxygen atoms in total. The molecule has 2 heterocycles. The minimum Gasteiger partial charge on any atom is -0.463 e. The molecule has 0 amide bonds. The Morgan fingerprint density at radius 1 is 1.50 bits per heavy atom. The SMILES string of the molecule is CCOC(=O)/C(=C/c1cc(Br)nn1-c1ncccc1Cl)CC. The highest BCUT2D eigenvalue weighted by Crippen LogP contribution is 2.23. The first-order chi connectivity index (χ1) is 10.6. The average Bonchev–Trinajstić information content (AvgIpc) is 2.86. The van der Waals surface area contributed by atoms with E-state index in [0.29, 0.717) is 39.7 Å². The predicted molar refractivity (Wildman–Crippen MR) is 89.0 cm³/mol. The number of aromatic nitrogens is 3. The van der Waals surface area contributed by atoms with Crippen LogP contribution in [0.1, 0.15) is 26.0 Å². The van der Waals surface area contributed by atoms with E-state index in [2.05, 4.69) is 26.0 Å². The molecule has 0 N–H and O–H groups in total. The normalized spacial score (nSPS) is 11.5. The number of halogens is 2. The van der Waals surface area contributed by atoms with Gasteiger partial charge in [-0.2, -0.15) is 5.10 Å². The number of pyridine rings is 1. The van der Waals surface area contributed by atoms with Crippen LogP contribution in [-0.4, -0.2) is 27.3 Å². The van der Waals surface area contributed by atoms with Crippen LogP contribution in [0.5, 0.6) is 0 Å². The molecule has 0 saturated carbocycles. The molecule has 7 heteroatoms. The van der Waals surface area contributed by atoms with Crippen molar-refractivity contribution in [2.75, 3.05) is 6.61 Å². The Balaban J connectivity index is 2.49. The molecule has 2 aromatic rings. The quantitative estimate of drug-likeness (QED) is 0.576. The maximum absolute atomic E-state index is 11.9. The molecule has 0 aliphatic carbocycles. The van der Waals surface area contributed by atoms with Gasteiger partial charge in [0.1, 0.15) is 4.60 Å². The van der Waals surface area contributed by atoms with E-state index in [4.69, 9.17) is 16.3 Å². The van der Waals surface area contributed by atoms with Crippen LogP contribution >= 0.6 is 27.5 Å². The summed E-state index contributed by atoms with van der Waals surface area (Å²) in [6, 6.07) is 5.27. The first-order valence-electron chi connectivity index (χ1n) is 6.81. The molecule has 0 aliphatic rings. The second-order valence-electron chi connectivity index (χ2n) is 4.36. The summed E-state index contributed by atoms with van der Waals surface area (Å²) in [5.41, 5.74) is 1.25. The maximum atomic E-state index is 11.9. The number of rotatable bonds is 5. The Kier molecular flexibility index (Phi) is 5.74. The zero-order valence-corrected chi connectivity index (χ0v) is 14.6. The molecule has 2 aromatic heterocycles. The average molecular weight is 385 g/mol. The van der Waals surface area contributed by atoms with Crippen LogP contribution in [0.3, 0.4) is 0 Å². The lowest BCUT2D eigenvalue weighted by atomic mass is 10.1. The monoisotopic (exact) mass is 383 g/mol. The number of esters is 1. The van der Waals surface area contributed by atoms with E-state index in [1.807, 2.05) is 6.92 Å². The standard InChI is InChI=1S/C15H15BrClN3O2/c1-3-10(15(21)22-4-2)8-11-9-13(16)19-20(11)14-12(17)6-5-7-18-14/h5-9H,3-4H2,1-2H3/b10-8+. The van der Waals surface area contributed by atoms with Crippen LogP contribution in [0.25, 0.3) is 11.9 Å². The second-order valence-corrected chi connectivity index (χ2v) is 5.58. The van der Waals surface area contributed by atoms with Gasteiger partial charge >= 0.3 is 5.97 Å². The summed E-state index contributed by atoms with van der Waals surface area (Å²) in [5.74, 6) is 0.168. The van der Waals surface area contributed by atoms with Crippen molar-refractivity contribution in [3.05, 3.63) is 45.3 Å². The fourth-order valence-electron chi connectivity index (χ4n) is 1.88. The Hall–Kier alpha value is -1.66. The molecule has 0 bridgehead atoms. The van der Waals surface area contributed by atoms with Gasteiger partial charge in [0.05, 0.1) is 17.3 Å². The Labute approximate surface area is 142 Å². The number of nitrogens with zero attached hydrogens (tertiary/aromatic N) is 3. The topological polar surface area (TPSA) is 57.0 Å². The highest BCUT2D eigenvalue weighted by Gasteiger charge is 2.14. The van der Waals surface area contributed by atoms with Gasteiger partial charge in [0.15, 0.2) is 5.82 Å². The molecule has 0 aliphatic heterocycles. The lowest BCUT2D eigenvalue weighted by molar-refractivity contribution is -0.138. The van der Waals surface area contributed by atoms with Crippen LogP contribution in [0.2, 0.25) is 5.02 Å². The van der Waals surface area contributed by atoms with E-state index >= 15 is 0 Å². The van der Waals surface area contributed by atoms with E-state index in [0.717, 1.165) is 0 Å². The number of hydrogen-bond donors (Lipinski definition) is 0. The Morgan fingerprint density at radius 3 is 2.91 bits per heavy atom. The van der Waals surface area contributed by atoms with Crippen LogP contribution < -0.4 is 0 Å². The first kappa shape index (κ1) is 16.7.